The molecule has 6 nitrogen and oxygen atoms in total. The topological polar surface area (TPSA) is 64.4 Å². The predicted molar refractivity (Wildman–Crippen MR) is 128 cm³/mol. The molecule has 172 valence electrons. The summed E-state index contributed by atoms with van der Waals surface area (Å²) in [4.78, 5) is 28.2. The Morgan fingerprint density at radius 3 is 2.36 bits per heavy atom. The van der Waals surface area contributed by atoms with Gasteiger partial charge in [0, 0.05) is 18.1 Å². The van der Waals surface area contributed by atoms with Gasteiger partial charge in [0.05, 0.1) is 35.7 Å². The van der Waals surface area contributed by atoms with Crippen LogP contribution in [0.25, 0.3) is 5.69 Å². The van der Waals surface area contributed by atoms with Crippen LogP contribution in [0.2, 0.25) is 5.02 Å². The summed E-state index contributed by atoms with van der Waals surface area (Å²) in [6, 6.07) is 17.1. The van der Waals surface area contributed by atoms with Crippen LogP contribution < -0.4 is 0 Å². The highest BCUT2D eigenvalue weighted by atomic mass is 35.5. The molecule has 1 aliphatic heterocycles. The van der Waals surface area contributed by atoms with Crippen molar-refractivity contribution in [1.29, 1.82) is 0 Å². The van der Waals surface area contributed by atoms with Crippen LogP contribution in [0.15, 0.2) is 60.8 Å². The van der Waals surface area contributed by atoms with Crippen LogP contribution in [0.5, 0.6) is 0 Å². The molecule has 0 bridgehead atoms. The Morgan fingerprint density at radius 2 is 1.76 bits per heavy atom. The summed E-state index contributed by atoms with van der Waals surface area (Å²) in [7, 11) is 1.42. The number of benzene rings is 2. The molecule has 0 spiro atoms. The second kappa shape index (κ2) is 9.40. The van der Waals surface area contributed by atoms with Crippen molar-refractivity contribution in [1.82, 2.24) is 14.7 Å². The third kappa shape index (κ3) is 4.27. The molecule has 1 saturated heterocycles. The molecule has 0 unspecified atom stereocenters. The van der Waals surface area contributed by atoms with E-state index in [1.165, 1.54) is 7.11 Å². The molecule has 0 atom stereocenters. The summed E-state index contributed by atoms with van der Waals surface area (Å²) in [6.07, 6.45) is 2.65. The van der Waals surface area contributed by atoms with Gasteiger partial charge in [0.1, 0.15) is 0 Å². The number of aromatic nitrogens is 2. The Balaban J connectivity index is 1.61. The van der Waals surface area contributed by atoms with Crippen LogP contribution >= 0.6 is 11.6 Å². The van der Waals surface area contributed by atoms with Gasteiger partial charge in [-0.15, -0.1) is 0 Å². The lowest BCUT2D eigenvalue weighted by Gasteiger charge is -2.40. The standard InChI is InChI=1S/C26H28ClN3O3/c1-18(2)23-22(17-28-30(23)21-11-7-10-20(27)16-21)24(31)29-14-12-26(13-15-29,25(32)33-3)19-8-5-4-6-9-19/h4-11,16-18H,12-15H2,1-3H3. The third-order valence-corrected chi connectivity index (χ3v) is 6.68. The molecule has 1 aliphatic rings. The molecular weight excluding hydrogens is 438 g/mol. The minimum absolute atomic E-state index is 0.0708. The molecule has 2 heterocycles. The van der Waals surface area contributed by atoms with E-state index in [2.05, 4.69) is 5.10 Å². The maximum Gasteiger partial charge on any atom is 0.316 e. The van der Waals surface area contributed by atoms with Crippen LogP contribution in [0, 0.1) is 0 Å². The van der Waals surface area contributed by atoms with E-state index in [4.69, 9.17) is 16.3 Å². The molecule has 0 radical (unpaired) electrons. The first-order valence-corrected chi connectivity index (χ1v) is 11.5. The summed E-state index contributed by atoms with van der Waals surface area (Å²) < 4.78 is 6.96. The summed E-state index contributed by atoms with van der Waals surface area (Å²) in [5.41, 5.74) is 2.43. The Hall–Kier alpha value is -3.12. The average molecular weight is 466 g/mol. The maximum absolute atomic E-state index is 13.6. The van der Waals surface area contributed by atoms with Gasteiger partial charge in [0.15, 0.2) is 0 Å². The van der Waals surface area contributed by atoms with Gasteiger partial charge < -0.3 is 9.64 Å². The van der Waals surface area contributed by atoms with E-state index in [0.717, 1.165) is 16.9 Å². The lowest BCUT2D eigenvalue weighted by molar-refractivity contribution is -0.149. The van der Waals surface area contributed by atoms with E-state index < -0.39 is 5.41 Å². The number of ether oxygens (including phenoxy) is 1. The molecule has 33 heavy (non-hydrogen) atoms. The first-order chi connectivity index (χ1) is 15.9. The summed E-state index contributed by atoms with van der Waals surface area (Å²) >= 11 is 6.18. The van der Waals surface area contributed by atoms with Gasteiger partial charge in [-0.3, -0.25) is 9.59 Å². The Kier molecular flexibility index (Phi) is 6.56. The molecule has 0 aliphatic carbocycles. The maximum atomic E-state index is 13.6. The quantitative estimate of drug-likeness (QED) is 0.497. The molecule has 1 fully saturated rings. The smallest absolute Gasteiger partial charge is 0.316 e. The van der Waals surface area contributed by atoms with Gasteiger partial charge in [0.2, 0.25) is 0 Å². The summed E-state index contributed by atoms with van der Waals surface area (Å²) in [6.45, 7) is 5.01. The summed E-state index contributed by atoms with van der Waals surface area (Å²) in [5.74, 6) is -0.246. The van der Waals surface area contributed by atoms with Crippen molar-refractivity contribution < 1.29 is 14.3 Å². The molecule has 1 aromatic heterocycles. The number of likely N-dealkylation sites (tertiary alicyclic amines) is 1. The fourth-order valence-electron chi connectivity index (χ4n) is 4.72. The first-order valence-electron chi connectivity index (χ1n) is 11.1. The van der Waals surface area contributed by atoms with Gasteiger partial charge in [0.25, 0.3) is 5.91 Å². The van der Waals surface area contributed by atoms with Crippen molar-refractivity contribution >= 4 is 23.5 Å². The minimum atomic E-state index is -0.737. The highest BCUT2D eigenvalue weighted by Gasteiger charge is 2.45. The molecule has 4 rings (SSSR count). The lowest BCUT2D eigenvalue weighted by atomic mass is 9.72. The zero-order chi connectivity index (χ0) is 23.6. The zero-order valence-corrected chi connectivity index (χ0v) is 19.9. The lowest BCUT2D eigenvalue weighted by Crippen LogP contribution is -2.49. The number of nitrogens with zero attached hydrogens (tertiary/aromatic N) is 3. The Morgan fingerprint density at radius 1 is 1.06 bits per heavy atom. The third-order valence-electron chi connectivity index (χ3n) is 6.44. The van der Waals surface area contributed by atoms with Crippen molar-refractivity contribution in [2.75, 3.05) is 20.2 Å². The zero-order valence-electron chi connectivity index (χ0n) is 19.1. The molecule has 7 heteroatoms. The fraction of sp³-hybridized carbons (Fsp3) is 0.346. The molecule has 0 N–H and O–H groups in total. The first kappa shape index (κ1) is 23.1. The number of hydrogen-bond donors (Lipinski definition) is 0. The number of piperidine rings is 1. The van der Waals surface area contributed by atoms with E-state index in [1.54, 1.807) is 10.9 Å². The fourth-order valence-corrected chi connectivity index (χ4v) is 4.90. The molecule has 3 aromatic rings. The second-order valence-corrected chi connectivity index (χ2v) is 9.16. The number of halogens is 1. The van der Waals surface area contributed by atoms with E-state index in [-0.39, 0.29) is 17.8 Å². The van der Waals surface area contributed by atoms with Crippen molar-refractivity contribution in [3.05, 3.63) is 82.6 Å². The van der Waals surface area contributed by atoms with Gasteiger partial charge >= 0.3 is 5.97 Å². The van der Waals surface area contributed by atoms with Crippen LogP contribution in [0.1, 0.15) is 54.2 Å². The van der Waals surface area contributed by atoms with Gasteiger partial charge in [-0.25, -0.2) is 4.68 Å². The number of rotatable bonds is 5. The normalized spacial score (nSPS) is 15.5. The molecule has 1 amide bonds. The Bertz CT molecular complexity index is 1150. The molecule has 2 aromatic carbocycles. The van der Waals surface area contributed by atoms with Crippen LogP contribution in [-0.2, 0) is 14.9 Å². The average Bonchev–Trinajstić information content (AvgIpc) is 3.29. The highest BCUT2D eigenvalue weighted by Crippen LogP contribution is 2.37. The van der Waals surface area contributed by atoms with Crippen LogP contribution in [0.3, 0.4) is 0 Å². The largest absolute Gasteiger partial charge is 0.468 e. The van der Waals surface area contributed by atoms with Crippen LogP contribution in [0.4, 0.5) is 0 Å². The number of carbonyl (C=O) groups is 2. The van der Waals surface area contributed by atoms with E-state index in [0.29, 0.717) is 36.5 Å². The van der Waals surface area contributed by atoms with Crippen molar-refractivity contribution in [3.8, 4) is 5.69 Å². The van der Waals surface area contributed by atoms with Gasteiger partial charge in [-0.1, -0.05) is 61.8 Å². The molecular formula is C26H28ClN3O3. The van der Waals surface area contributed by atoms with Crippen molar-refractivity contribution in [2.45, 2.75) is 38.0 Å². The van der Waals surface area contributed by atoms with Crippen molar-refractivity contribution in [2.24, 2.45) is 0 Å². The minimum Gasteiger partial charge on any atom is -0.468 e. The van der Waals surface area contributed by atoms with E-state index in [9.17, 15) is 9.59 Å². The van der Waals surface area contributed by atoms with Crippen molar-refractivity contribution in [3.63, 3.8) is 0 Å². The molecule has 0 saturated carbocycles. The highest BCUT2D eigenvalue weighted by molar-refractivity contribution is 6.30. The SMILES string of the molecule is COC(=O)C1(c2ccccc2)CCN(C(=O)c2cnn(-c3cccc(Cl)c3)c2C(C)C)CC1. The Labute approximate surface area is 199 Å². The number of hydrogen-bond acceptors (Lipinski definition) is 4. The monoisotopic (exact) mass is 465 g/mol. The number of esters is 1. The predicted octanol–water partition coefficient (Wildman–Crippen LogP) is 5.00. The van der Waals surface area contributed by atoms with Gasteiger partial charge in [-0.05, 0) is 42.5 Å². The number of methoxy groups -OCH3 is 1. The second-order valence-electron chi connectivity index (χ2n) is 8.72. The van der Waals surface area contributed by atoms with E-state index >= 15 is 0 Å². The number of amides is 1. The van der Waals surface area contributed by atoms with E-state index in [1.807, 2.05) is 73.3 Å². The number of carbonyl (C=O) groups excluding carboxylic acids is 2. The van der Waals surface area contributed by atoms with Crippen LogP contribution in [-0.4, -0.2) is 46.8 Å². The van der Waals surface area contributed by atoms with Gasteiger partial charge in [-0.2, -0.15) is 5.10 Å². The summed E-state index contributed by atoms with van der Waals surface area (Å²) in [5, 5.41) is 5.13.